The van der Waals surface area contributed by atoms with Gasteiger partial charge in [-0.1, -0.05) is 6.92 Å². The molecule has 0 unspecified atom stereocenters. The van der Waals surface area contributed by atoms with Crippen LogP contribution in [0.25, 0.3) is 22.0 Å². The van der Waals surface area contributed by atoms with Crippen LogP contribution in [-0.2, 0) is 4.79 Å². The molecule has 1 aliphatic carbocycles. The fraction of sp³-hybridized carbons (Fsp3) is 0.300. The maximum atomic E-state index is 12.2. The number of nitrogens with zero attached hydrogens (tertiary/aromatic N) is 3. The van der Waals surface area contributed by atoms with Crippen LogP contribution in [-0.4, -0.2) is 34.0 Å². The van der Waals surface area contributed by atoms with E-state index in [1.54, 1.807) is 18.6 Å². The summed E-state index contributed by atoms with van der Waals surface area (Å²) in [6.45, 7) is 3.38. The number of nitrogens with two attached hydrogens (primary N) is 1. The third kappa shape index (κ3) is 2.87. The second kappa shape index (κ2) is 6.33. The van der Waals surface area contributed by atoms with Crippen LogP contribution >= 0.6 is 0 Å². The highest BCUT2D eigenvalue weighted by atomic mass is 16.5. The molecule has 142 valence electrons. The maximum absolute atomic E-state index is 12.2. The standard InChI is InChI=1S/C20H20N6O2/c1-10-4-12(10)20(27)26-17-6-11-5-15(25-19(21)13(11)8-24-17)14-7-22-9-16-18(14)28-3-2-23-16/h5-10,12,23H,2-4H2,1H3,(H2,21,25)(H,24,26,27)/t10-,12+/m0/s1. The van der Waals surface area contributed by atoms with E-state index < -0.39 is 0 Å². The van der Waals surface area contributed by atoms with Gasteiger partial charge >= 0.3 is 0 Å². The number of anilines is 3. The van der Waals surface area contributed by atoms with Gasteiger partial charge in [-0.3, -0.25) is 9.78 Å². The van der Waals surface area contributed by atoms with Crippen LogP contribution in [0.15, 0.2) is 30.7 Å². The van der Waals surface area contributed by atoms with Gasteiger partial charge in [0.15, 0.2) is 5.75 Å². The number of nitrogen functional groups attached to an aromatic ring is 1. The van der Waals surface area contributed by atoms with Gasteiger partial charge in [-0.15, -0.1) is 0 Å². The molecule has 0 radical (unpaired) electrons. The second-order valence-electron chi connectivity index (χ2n) is 7.33. The molecule has 8 heteroatoms. The van der Waals surface area contributed by atoms with E-state index in [2.05, 4.69) is 32.5 Å². The normalized spacial score (nSPS) is 20.0. The van der Waals surface area contributed by atoms with Gasteiger partial charge < -0.3 is 21.1 Å². The van der Waals surface area contributed by atoms with Gasteiger partial charge in [0.1, 0.15) is 18.2 Å². The van der Waals surface area contributed by atoms with Crippen molar-refractivity contribution in [3.63, 3.8) is 0 Å². The summed E-state index contributed by atoms with van der Waals surface area (Å²) in [6.07, 6.45) is 6.03. The topological polar surface area (TPSA) is 115 Å². The number of aromatic nitrogens is 3. The van der Waals surface area contributed by atoms with Gasteiger partial charge in [-0.25, -0.2) is 9.97 Å². The Hall–Kier alpha value is -3.42. The number of amides is 1. The zero-order valence-corrected chi connectivity index (χ0v) is 15.4. The number of rotatable bonds is 3. The maximum Gasteiger partial charge on any atom is 0.228 e. The number of carbonyl (C=O) groups excluding carboxylic acids is 1. The van der Waals surface area contributed by atoms with E-state index in [0.717, 1.165) is 40.7 Å². The van der Waals surface area contributed by atoms with Crippen LogP contribution in [0.5, 0.6) is 5.75 Å². The van der Waals surface area contributed by atoms with Gasteiger partial charge in [-0.2, -0.15) is 0 Å². The molecule has 1 saturated carbocycles. The molecule has 1 fully saturated rings. The summed E-state index contributed by atoms with van der Waals surface area (Å²) >= 11 is 0. The molecule has 5 rings (SSSR count). The molecule has 0 saturated heterocycles. The van der Waals surface area contributed by atoms with Crippen LogP contribution in [0.4, 0.5) is 17.3 Å². The summed E-state index contributed by atoms with van der Waals surface area (Å²) in [6, 6.07) is 3.74. The molecule has 2 aliphatic rings. The Labute approximate surface area is 161 Å². The molecular formula is C20H20N6O2. The summed E-state index contributed by atoms with van der Waals surface area (Å²) < 4.78 is 5.83. The zero-order chi connectivity index (χ0) is 19.3. The number of nitrogens with one attached hydrogen (secondary N) is 2. The molecular weight excluding hydrogens is 356 g/mol. The average molecular weight is 376 g/mol. The quantitative estimate of drug-likeness (QED) is 0.644. The third-order valence-corrected chi connectivity index (χ3v) is 5.28. The molecule has 0 aromatic carbocycles. The smallest absolute Gasteiger partial charge is 0.228 e. The van der Waals surface area contributed by atoms with Crippen molar-refractivity contribution >= 4 is 34.0 Å². The van der Waals surface area contributed by atoms with Crippen molar-refractivity contribution in [3.05, 3.63) is 30.7 Å². The predicted octanol–water partition coefficient (Wildman–Crippen LogP) is 2.67. The van der Waals surface area contributed by atoms with E-state index in [-0.39, 0.29) is 11.8 Å². The number of ether oxygens (including phenoxy) is 1. The number of pyridine rings is 3. The van der Waals surface area contributed by atoms with Gasteiger partial charge in [-0.05, 0) is 29.9 Å². The van der Waals surface area contributed by atoms with Gasteiger partial charge in [0.05, 0.1) is 23.1 Å². The van der Waals surface area contributed by atoms with E-state index >= 15 is 0 Å². The Morgan fingerprint density at radius 3 is 3.00 bits per heavy atom. The lowest BCUT2D eigenvalue weighted by Gasteiger charge is -2.21. The largest absolute Gasteiger partial charge is 0.489 e. The van der Waals surface area contributed by atoms with Crippen LogP contribution in [0.3, 0.4) is 0 Å². The molecule has 0 bridgehead atoms. The highest BCUT2D eigenvalue weighted by Crippen LogP contribution is 2.39. The first-order valence-corrected chi connectivity index (χ1v) is 9.32. The number of fused-ring (bicyclic) bond motifs is 2. The van der Waals surface area contributed by atoms with Crippen molar-refractivity contribution < 1.29 is 9.53 Å². The summed E-state index contributed by atoms with van der Waals surface area (Å²) in [5.41, 5.74) is 8.46. The first-order valence-electron chi connectivity index (χ1n) is 9.32. The number of hydrogen-bond acceptors (Lipinski definition) is 7. The molecule has 0 spiro atoms. The van der Waals surface area contributed by atoms with Crippen molar-refractivity contribution in [3.8, 4) is 17.0 Å². The van der Waals surface area contributed by atoms with Crippen molar-refractivity contribution in [2.45, 2.75) is 13.3 Å². The Morgan fingerprint density at radius 1 is 1.32 bits per heavy atom. The minimum absolute atomic E-state index is 0.0161. The van der Waals surface area contributed by atoms with Gasteiger partial charge in [0.2, 0.25) is 5.91 Å². The Bertz CT molecular complexity index is 1100. The van der Waals surface area contributed by atoms with Crippen LogP contribution in [0.2, 0.25) is 0 Å². The van der Waals surface area contributed by atoms with E-state index in [1.165, 1.54) is 0 Å². The summed E-state index contributed by atoms with van der Waals surface area (Å²) in [7, 11) is 0. The zero-order valence-electron chi connectivity index (χ0n) is 15.4. The van der Waals surface area contributed by atoms with Crippen LogP contribution in [0, 0.1) is 11.8 Å². The van der Waals surface area contributed by atoms with E-state index in [0.29, 0.717) is 29.9 Å². The first-order chi connectivity index (χ1) is 13.6. The van der Waals surface area contributed by atoms with Gasteiger partial charge in [0, 0.05) is 30.2 Å². The first kappa shape index (κ1) is 16.7. The van der Waals surface area contributed by atoms with E-state index in [9.17, 15) is 4.79 Å². The highest BCUT2D eigenvalue weighted by molar-refractivity contribution is 5.98. The van der Waals surface area contributed by atoms with Crippen molar-refractivity contribution in [1.82, 2.24) is 15.0 Å². The average Bonchev–Trinajstić information content (AvgIpc) is 3.44. The fourth-order valence-corrected chi connectivity index (χ4v) is 3.54. The second-order valence-corrected chi connectivity index (χ2v) is 7.33. The predicted molar refractivity (Wildman–Crippen MR) is 107 cm³/mol. The SMILES string of the molecule is C[C@H]1C[C@H]1C(=O)Nc1cc2cc(-c3cncc4c3OCCN4)nc(N)c2cn1. The number of carbonyl (C=O) groups is 1. The molecule has 3 aromatic heterocycles. The Balaban J connectivity index is 1.55. The minimum atomic E-state index is 0.0161. The molecule has 28 heavy (non-hydrogen) atoms. The summed E-state index contributed by atoms with van der Waals surface area (Å²) in [5.74, 6) is 2.15. The van der Waals surface area contributed by atoms with Crippen molar-refractivity contribution in [2.24, 2.45) is 11.8 Å². The highest BCUT2D eigenvalue weighted by Gasteiger charge is 2.39. The van der Waals surface area contributed by atoms with Crippen molar-refractivity contribution in [1.29, 1.82) is 0 Å². The minimum Gasteiger partial charge on any atom is -0.489 e. The summed E-state index contributed by atoms with van der Waals surface area (Å²) in [4.78, 5) is 25.3. The fourth-order valence-electron chi connectivity index (χ4n) is 3.54. The Kier molecular flexibility index (Phi) is 3.78. The molecule has 4 heterocycles. The lowest BCUT2D eigenvalue weighted by molar-refractivity contribution is -0.117. The van der Waals surface area contributed by atoms with Crippen LogP contribution in [0.1, 0.15) is 13.3 Å². The van der Waals surface area contributed by atoms with Crippen LogP contribution < -0.4 is 21.1 Å². The molecule has 1 aliphatic heterocycles. The monoisotopic (exact) mass is 376 g/mol. The van der Waals surface area contributed by atoms with E-state index in [4.69, 9.17) is 10.5 Å². The summed E-state index contributed by atoms with van der Waals surface area (Å²) in [5, 5.41) is 7.75. The van der Waals surface area contributed by atoms with E-state index in [1.807, 2.05) is 12.1 Å². The Morgan fingerprint density at radius 2 is 2.18 bits per heavy atom. The molecule has 3 aromatic rings. The third-order valence-electron chi connectivity index (χ3n) is 5.28. The molecule has 2 atom stereocenters. The van der Waals surface area contributed by atoms with Gasteiger partial charge in [0.25, 0.3) is 0 Å². The molecule has 4 N–H and O–H groups in total. The lowest BCUT2D eigenvalue weighted by atomic mass is 10.1. The molecule has 1 amide bonds. The number of hydrogen-bond donors (Lipinski definition) is 3. The lowest BCUT2D eigenvalue weighted by Crippen LogP contribution is -2.18. The van der Waals surface area contributed by atoms with Crippen molar-refractivity contribution in [2.75, 3.05) is 29.5 Å². The molecule has 8 nitrogen and oxygen atoms in total.